The number of methoxy groups -OCH3 is 1. The number of ketones is 1. The largest absolute Gasteiger partial charge is 0.497 e. The van der Waals surface area contributed by atoms with E-state index in [9.17, 15) is 4.79 Å². The molecule has 2 nitrogen and oxygen atoms in total. The Hall–Kier alpha value is -1.31. The maximum Gasteiger partial charge on any atom is 0.136 e. The van der Waals surface area contributed by atoms with Crippen LogP contribution in [-0.4, -0.2) is 12.9 Å². The molecule has 1 saturated carbocycles. The number of hydrogen-bond acceptors (Lipinski definition) is 2. The van der Waals surface area contributed by atoms with E-state index in [1.165, 1.54) is 11.1 Å². The number of ether oxygens (including phenoxy) is 1. The van der Waals surface area contributed by atoms with Crippen molar-refractivity contribution in [2.24, 2.45) is 11.8 Å². The first-order chi connectivity index (χ1) is 9.06. The zero-order valence-electron chi connectivity index (χ0n) is 12.0. The fourth-order valence-corrected chi connectivity index (χ4v) is 4.22. The SMILES string of the molecule is COc1ccc2c(c1)C1(C)CCC(=O)C(C)C1CC2. The van der Waals surface area contributed by atoms with Gasteiger partial charge in [0.2, 0.25) is 0 Å². The van der Waals surface area contributed by atoms with Gasteiger partial charge in [-0.1, -0.05) is 19.9 Å². The average molecular weight is 258 g/mol. The fourth-order valence-electron chi connectivity index (χ4n) is 4.22. The lowest BCUT2D eigenvalue weighted by molar-refractivity contribution is -0.128. The van der Waals surface area contributed by atoms with Gasteiger partial charge in [-0.2, -0.15) is 0 Å². The molecule has 0 saturated heterocycles. The van der Waals surface area contributed by atoms with E-state index in [4.69, 9.17) is 4.74 Å². The van der Waals surface area contributed by atoms with E-state index in [2.05, 4.69) is 32.0 Å². The highest BCUT2D eigenvalue weighted by molar-refractivity contribution is 5.82. The number of carbonyl (C=O) groups excluding carboxylic acids is 1. The van der Waals surface area contributed by atoms with Crippen molar-refractivity contribution in [2.75, 3.05) is 7.11 Å². The van der Waals surface area contributed by atoms with Gasteiger partial charge in [0, 0.05) is 12.3 Å². The minimum atomic E-state index is 0.148. The van der Waals surface area contributed by atoms with Gasteiger partial charge in [0.1, 0.15) is 11.5 Å². The molecule has 3 rings (SSSR count). The Bertz CT molecular complexity index is 520. The molecule has 1 aromatic rings. The molecule has 3 unspecified atom stereocenters. The number of carbonyl (C=O) groups is 1. The van der Waals surface area contributed by atoms with Crippen molar-refractivity contribution in [2.45, 2.75) is 44.9 Å². The Labute approximate surface area is 115 Å². The average Bonchev–Trinajstić information content (AvgIpc) is 2.43. The van der Waals surface area contributed by atoms with Gasteiger partial charge >= 0.3 is 0 Å². The maximum atomic E-state index is 12.0. The van der Waals surface area contributed by atoms with Crippen LogP contribution < -0.4 is 4.74 Å². The smallest absolute Gasteiger partial charge is 0.136 e. The third-order valence-electron chi connectivity index (χ3n) is 5.48. The maximum absolute atomic E-state index is 12.0. The van der Waals surface area contributed by atoms with Gasteiger partial charge in [-0.15, -0.1) is 0 Å². The molecule has 102 valence electrons. The molecule has 2 aliphatic rings. The van der Waals surface area contributed by atoms with Crippen molar-refractivity contribution in [3.63, 3.8) is 0 Å². The molecule has 19 heavy (non-hydrogen) atoms. The molecule has 3 atom stereocenters. The van der Waals surface area contributed by atoms with E-state index >= 15 is 0 Å². The Kier molecular flexibility index (Phi) is 2.92. The molecule has 1 fully saturated rings. The van der Waals surface area contributed by atoms with Crippen LogP contribution >= 0.6 is 0 Å². The van der Waals surface area contributed by atoms with Crippen molar-refractivity contribution < 1.29 is 9.53 Å². The number of benzene rings is 1. The summed E-state index contributed by atoms with van der Waals surface area (Å²) >= 11 is 0. The van der Waals surface area contributed by atoms with Gasteiger partial charge in [0.05, 0.1) is 7.11 Å². The molecule has 2 aliphatic carbocycles. The minimum absolute atomic E-state index is 0.148. The summed E-state index contributed by atoms with van der Waals surface area (Å²) in [6, 6.07) is 6.46. The summed E-state index contributed by atoms with van der Waals surface area (Å²) in [5.74, 6) is 2.09. The second-order valence-corrected chi connectivity index (χ2v) is 6.34. The van der Waals surface area contributed by atoms with Crippen LogP contribution in [0, 0.1) is 11.8 Å². The molecule has 2 heteroatoms. The predicted octanol–water partition coefficient (Wildman–Crippen LogP) is 3.51. The van der Waals surface area contributed by atoms with E-state index in [1.54, 1.807) is 7.11 Å². The van der Waals surface area contributed by atoms with Crippen LogP contribution in [0.3, 0.4) is 0 Å². The summed E-state index contributed by atoms with van der Waals surface area (Å²) in [6.45, 7) is 4.47. The molecule has 1 aromatic carbocycles. The molecule has 0 heterocycles. The van der Waals surface area contributed by atoms with Crippen molar-refractivity contribution in [1.82, 2.24) is 0 Å². The quantitative estimate of drug-likeness (QED) is 0.770. The Morgan fingerprint density at radius 1 is 1.32 bits per heavy atom. The monoisotopic (exact) mass is 258 g/mol. The highest BCUT2D eigenvalue weighted by atomic mass is 16.5. The van der Waals surface area contributed by atoms with Gasteiger partial charge in [0.25, 0.3) is 0 Å². The van der Waals surface area contributed by atoms with E-state index in [0.29, 0.717) is 11.7 Å². The summed E-state index contributed by atoms with van der Waals surface area (Å²) < 4.78 is 5.39. The zero-order valence-corrected chi connectivity index (χ0v) is 12.0. The fraction of sp³-hybridized carbons (Fsp3) is 0.588. The molecule has 0 bridgehead atoms. The zero-order chi connectivity index (χ0) is 13.6. The van der Waals surface area contributed by atoms with Crippen molar-refractivity contribution in [3.8, 4) is 5.75 Å². The first-order valence-electron chi connectivity index (χ1n) is 7.26. The lowest BCUT2D eigenvalue weighted by Crippen LogP contribution is -2.46. The Balaban J connectivity index is 2.09. The standard InChI is InChI=1S/C17H22O2/c1-11-14-7-5-12-4-6-13(19-3)10-15(12)17(14,2)9-8-16(11)18/h4,6,10-11,14H,5,7-9H2,1-3H3. The third kappa shape index (κ3) is 1.80. The number of Topliss-reactive ketones (excluding diaryl/α,β-unsaturated/α-hetero) is 1. The molecule has 0 aromatic heterocycles. The molecule has 0 aliphatic heterocycles. The van der Waals surface area contributed by atoms with E-state index < -0.39 is 0 Å². The highest BCUT2D eigenvalue weighted by Gasteiger charge is 2.47. The van der Waals surface area contributed by atoms with Gasteiger partial charge in [0.15, 0.2) is 0 Å². The number of fused-ring (bicyclic) bond motifs is 3. The van der Waals surface area contributed by atoms with Crippen LogP contribution in [0.25, 0.3) is 0 Å². The normalized spacial score (nSPS) is 33.5. The van der Waals surface area contributed by atoms with Crippen LogP contribution in [0.2, 0.25) is 0 Å². The Morgan fingerprint density at radius 3 is 2.84 bits per heavy atom. The van der Waals surface area contributed by atoms with Crippen molar-refractivity contribution in [3.05, 3.63) is 29.3 Å². The second-order valence-electron chi connectivity index (χ2n) is 6.34. The Morgan fingerprint density at radius 2 is 2.11 bits per heavy atom. The van der Waals surface area contributed by atoms with Crippen LogP contribution in [0.1, 0.15) is 44.2 Å². The summed E-state index contributed by atoms with van der Waals surface area (Å²) in [4.78, 5) is 12.0. The second kappa shape index (κ2) is 4.36. The summed E-state index contributed by atoms with van der Waals surface area (Å²) in [5.41, 5.74) is 3.01. The lowest BCUT2D eigenvalue weighted by Gasteiger charge is -2.48. The van der Waals surface area contributed by atoms with E-state index in [0.717, 1.165) is 31.4 Å². The summed E-state index contributed by atoms with van der Waals surface area (Å²) in [6.07, 6.45) is 3.95. The molecule has 0 amide bonds. The highest BCUT2D eigenvalue weighted by Crippen LogP contribution is 2.51. The van der Waals surface area contributed by atoms with Crippen LogP contribution in [0.4, 0.5) is 0 Å². The van der Waals surface area contributed by atoms with E-state index in [1.807, 2.05) is 0 Å². The molecule has 0 spiro atoms. The lowest BCUT2D eigenvalue weighted by atomic mass is 9.55. The molecular weight excluding hydrogens is 236 g/mol. The van der Waals surface area contributed by atoms with Gasteiger partial charge in [-0.3, -0.25) is 4.79 Å². The third-order valence-corrected chi connectivity index (χ3v) is 5.48. The van der Waals surface area contributed by atoms with E-state index in [-0.39, 0.29) is 11.3 Å². The van der Waals surface area contributed by atoms with Crippen LogP contribution in [0.5, 0.6) is 5.75 Å². The summed E-state index contributed by atoms with van der Waals surface area (Å²) in [7, 11) is 1.72. The van der Waals surface area contributed by atoms with Gasteiger partial charge < -0.3 is 4.74 Å². The molecule has 0 radical (unpaired) electrons. The molecule has 0 N–H and O–H groups in total. The predicted molar refractivity (Wildman–Crippen MR) is 75.6 cm³/mol. The van der Waals surface area contributed by atoms with Gasteiger partial charge in [-0.05, 0) is 53.9 Å². The number of hydrogen-bond donors (Lipinski definition) is 0. The molecular formula is C17H22O2. The summed E-state index contributed by atoms with van der Waals surface area (Å²) in [5, 5.41) is 0. The minimum Gasteiger partial charge on any atom is -0.497 e. The first kappa shape index (κ1) is 12.7. The number of aryl methyl sites for hydroxylation is 1. The van der Waals surface area contributed by atoms with Crippen LogP contribution in [-0.2, 0) is 16.6 Å². The first-order valence-corrected chi connectivity index (χ1v) is 7.26. The number of rotatable bonds is 1. The van der Waals surface area contributed by atoms with Crippen molar-refractivity contribution >= 4 is 5.78 Å². The van der Waals surface area contributed by atoms with Crippen LogP contribution in [0.15, 0.2) is 18.2 Å². The topological polar surface area (TPSA) is 26.3 Å². The van der Waals surface area contributed by atoms with Gasteiger partial charge in [-0.25, -0.2) is 0 Å². The van der Waals surface area contributed by atoms with Crippen molar-refractivity contribution in [1.29, 1.82) is 0 Å².